The number of benzene rings is 2. The van der Waals surface area contributed by atoms with Gasteiger partial charge in [0.15, 0.2) is 0 Å². The van der Waals surface area contributed by atoms with Crippen LogP contribution >= 0.6 is 0 Å². The van der Waals surface area contributed by atoms with Gasteiger partial charge in [-0.3, -0.25) is 14.5 Å². The van der Waals surface area contributed by atoms with Gasteiger partial charge < -0.3 is 9.88 Å². The van der Waals surface area contributed by atoms with Crippen LogP contribution in [-0.2, 0) is 11.3 Å². The van der Waals surface area contributed by atoms with Gasteiger partial charge in [0.1, 0.15) is 11.2 Å². The molecule has 1 aromatic heterocycles. The predicted molar refractivity (Wildman–Crippen MR) is 126 cm³/mol. The summed E-state index contributed by atoms with van der Waals surface area (Å²) in [6.45, 7) is 11.2. The van der Waals surface area contributed by atoms with Crippen LogP contribution in [0.4, 0.5) is 5.69 Å². The second kappa shape index (κ2) is 7.88. The van der Waals surface area contributed by atoms with E-state index >= 15 is 0 Å². The van der Waals surface area contributed by atoms with Crippen molar-refractivity contribution in [2.45, 2.75) is 53.1 Å². The lowest BCUT2D eigenvalue weighted by Crippen LogP contribution is -2.64. The van der Waals surface area contributed by atoms with Crippen molar-refractivity contribution in [3.63, 3.8) is 0 Å². The van der Waals surface area contributed by atoms with E-state index in [4.69, 9.17) is 0 Å². The number of aryl methyl sites for hydroxylation is 2. The molecule has 0 aliphatic carbocycles. The summed E-state index contributed by atoms with van der Waals surface area (Å²) >= 11 is 0. The number of amides is 2. The molecule has 31 heavy (non-hydrogen) atoms. The van der Waals surface area contributed by atoms with Gasteiger partial charge in [0.25, 0.3) is 5.91 Å². The van der Waals surface area contributed by atoms with Crippen molar-refractivity contribution in [3.8, 4) is 0 Å². The molecule has 1 aliphatic rings. The highest BCUT2D eigenvalue weighted by Gasteiger charge is 2.48. The second-order valence-corrected chi connectivity index (χ2v) is 9.32. The van der Waals surface area contributed by atoms with Crippen molar-refractivity contribution in [1.29, 1.82) is 0 Å². The monoisotopic (exact) mass is 417 g/mol. The summed E-state index contributed by atoms with van der Waals surface area (Å²) in [4.78, 5) is 29.2. The van der Waals surface area contributed by atoms with Crippen LogP contribution in [0, 0.1) is 19.8 Å². The number of aromatic nitrogens is 1. The van der Waals surface area contributed by atoms with E-state index in [1.54, 1.807) is 4.90 Å². The van der Waals surface area contributed by atoms with E-state index in [-0.39, 0.29) is 11.8 Å². The summed E-state index contributed by atoms with van der Waals surface area (Å²) in [6.07, 6.45) is 0.900. The number of carbonyl (C=O) groups is 2. The van der Waals surface area contributed by atoms with E-state index in [0.717, 1.165) is 34.1 Å². The molecule has 2 aromatic carbocycles. The first-order chi connectivity index (χ1) is 14.7. The van der Waals surface area contributed by atoms with Gasteiger partial charge in [0.2, 0.25) is 5.91 Å². The normalized spacial score (nSPS) is 18.5. The van der Waals surface area contributed by atoms with Crippen LogP contribution in [0.1, 0.15) is 48.8 Å². The zero-order valence-electron chi connectivity index (χ0n) is 19.0. The van der Waals surface area contributed by atoms with Crippen LogP contribution in [0.5, 0.6) is 0 Å². The maximum Gasteiger partial charge on any atom is 0.275 e. The second-order valence-electron chi connectivity index (χ2n) is 9.32. The summed E-state index contributed by atoms with van der Waals surface area (Å²) in [5.74, 6) is 0.236. The maximum atomic E-state index is 13.9. The largest absolute Gasteiger partial charge is 0.354 e. The van der Waals surface area contributed by atoms with Gasteiger partial charge >= 0.3 is 0 Å². The van der Waals surface area contributed by atoms with Gasteiger partial charge in [-0.25, -0.2) is 0 Å². The molecule has 1 atom stereocenters. The Labute approximate surface area is 184 Å². The number of nitrogens with zero attached hydrogens (tertiary/aromatic N) is 2. The average molecular weight is 418 g/mol. The molecule has 0 fully saturated rings. The minimum absolute atomic E-state index is 0.120. The Morgan fingerprint density at radius 2 is 1.87 bits per heavy atom. The minimum Gasteiger partial charge on any atom is -0.354 e. The predicted octanol–water partition coefficient (Wildman–Crippen LogP) is 4.84. The van der Waals surface area contributed by atoms with Crippen LogP contribution in [0.15, 0.2) is 48.5 Å². The Balaban J connectivity index is 1.85. The molecule has 5 nitrogen and oxygen atoms in total. The zero-order chi connectivity index (χ0) is 22.3. The minimum atomic E-state index is -1.04. The number of nitrogens with one attached hydrogen (secondary N) is 1. The molecule has 0 saturated heterocycles. The number of hydrogen-bond acceptors (Lipinski definition) is 2. The highest BCUT2D eigenvalue weighted by Crippen LogP contribution is 2.37. The van der Waals surface area contributed by atoms with E-state index in [1.165, 1.54) is 0 Å². The molecule has 1 aliphatic heterocycles. The zero-order valence-corrected chi connectivity index (χ0v) is 19.0. The highest BCUT2D eigenvalue weighted by molar-refractivity contribution is 6.14. The number of hydrogen-bond donors (Lipinski definition) is 1. The van der Waals surface area contributed by atoms with E-state index in [0.29, 0.717) is 24.7 Å². The number of carbonyl (C=O) groups excluding carboxylic acids is 2. The highest BCUT2D eigenvalue weighted by atomic mass is 16.2. The number of fused-ring (bicyclic) bond motifs is 3. The van der Waals surface area contributed by atoms with Gasteiger partial charge in [0, 0.05) is 23.1 Å². The fraction of sp³-hybridized carbons (Fsp3) is 0.385. The lowest BCUT2D eigenvalue weighted by molar-refractivity contribution is -0.126. The van der Waals surface area contributed by atoms with Gasteiger partial charge in [-0.15, -0.1) is 0 Å². The quantitative estimate of drug-likeness (QED) is 0.646. The van der Waals surface area contributed by atoms with E-state index in [9.17, 15) is 9.59 Å². The van der Waals surface area contributed by atoms with Crippen molar-refractivity contribution in [2.24, 2.45) is 5.92 Å². The SMILES string of the molecule is Cc1ccc(C)c(N2C(=O)c3cc4ccccc4n3CC2(C)C(=O)NCCC(C)C)c1. The van der Waals surface area contributed by atoms with Crippen LogP contribution in [0.3, 0.4) is 0 Å². The van der Waals surface area contributed by atoms with Crippen molar-refractivity contribution in [3.05, 3.63) is 65.4 Å². The van der Waals surface area contributed by atoms with Gasteiger partial charge in [-0.2, -0.15) is 0 Å². The topological polar surface area (TPSA) is 54.3 Å². The molecule has 2 heterocycles. The Hall–Kier alpha value is -3.08. The van der Waals surface area contributed by atoms with E-state index in [1.807, 2.05) is 73.9 Å². The molecular weight excluding hydrogens is 386 g/mol. The van der Waals surface area contributed by atoms with Crippen molar-refractivity contribution < 1.29 is 9.59 Å². The summed E-state index contributed by atoms with van der Waals surface area (Å²) in [7, 11) is 0. The molecule has 162 valence electrons. The Kier molecular flexibility index (Phi) is 5.38. The third-order valence-corrected chi connectivity index (χ3v) is 6.29. The molecule has 2 amide bonds. The molecular formula is C26H31N3O2. The van der Waals surface area contributed by atoms with Crippen LogP contribution in [0.25, 0.3) is 10.9 Å². The number of anilines is 1. The van der Waals surface area contributed by atoms with Gasteiger partial charge in [-0.05, 0) is 62.4 Å². The van der Waals surface area contributed by atoms with Crippen LogP contribution in [-0.4, -0.2) is 28.5 Å². The molecule has 0 bridgehead atoms. The third-order valence-electron chi connectivity index (χ3n) is 6.29. The Morgan fingerprint density at radius 3 is 2.61 bits per heavy atom. The summed E-state index contributed by atoms with van der Waals surface area (Å²) in [6, 6.07) is 15.9. The lowest BCUT2D eigenvalue weighted by Gasteiger charge is -2.44. The Morgan fingerprint density at radius 1 is 1.13 bits per heavy atom. The summed E-state index contributed by atoms with van der Waals surface area (Å²) < 4.78 is 2.00. The fourth-order valence-electron chi connectivity index (χ4n) is 4.45. The number of rotatable bonds is 5. The molecule has 1 N–H and O–H groups in total. The molecule has 5 heteroatoms. The lowest BCUT2D eigenvalue weighted by atomic mass is 9.92. The average Bonchev–Trinajstić information content (AvgIpc) is 3.09. The van der Waals surface area contributed by atoms with E-state index in [2.05, 4.69) is 19.2 Å². The first kappa shape index (κ1) is 21.2. The molecule has 0 radical (unpaired) electrons. The third kappa shape index (κ3) is 3.62. The van der Waals surface area contributed by atoms with Crippen molar-refractivity contribution in [2.75, 3.05) is 11.4 Å². The van der Waals surface area contributed by atoms with Gasteiger partial charge in [-0.1, -0.05) is 44.2 Å². The number of para-hydroxylation sites is 1. The molecule has 0 spiro atoms. The summed E-state index contributed by atoms with van der Waals surface area (Å²) in [5, 5.41) is 4.11. The fourth-order valence-corrected chi connectivity index (χ4v) is 4.45. The standard InChI is InChI=1S/C26H31N3O2/c1-17(2)12-13-27-25(31)26(5)16-28-21-9-7-6-8-20(21)15-23(28)24(30)29(26)22-14-18(3)10-11-19(22)4/h6-11,14-15,17H,12-13,16H2,1-5H3,(H,27,31). The molecule has 4 rings (SSSR count). The van der Waals surface area contributed by atoms with Crippen molar-refractivity contribution in [1.82, 2.24) is 9.88 Å². The summed E-state index contributed by atoms with van der Waals surface area (Å²) in [5.41, 5.74) is 3.39. The van der Waals surface area contributed by atoms with Crippen LogP contribution in [0.2, 0.25) is 0 Å². The first-order valence-corrected chi connectivity index (χ1v) is 11.0. The molecule has 1 unspecified atom stereocenters. The van der Waals surface area contributed by atoms with Crippen molar-refractivity contribution >= 4 is 28.4 Å². The van der Waals surface area contributed by atoms with Crippen LogP contribution < -0.4 is 10.2 Å². The smallest absolute Gasteiger partial charge is 0.275 e. The van der Waals surface area contributed by atoms with Gasteiger partial charge in [0.05, 0.1) is 6.54 Å². The molecule has 3 aromatic rings. The Bertz CT molecular complexity index is 1160. The first-order valence-electron chi connectivity index (χ1n) is 11.0. The van der Waals surface area contributed by atoms with E-state index < -0.39 is 5.54 Å². The maximum absolute atomic E-state index is 13.9. The molecule has 0 saturated carbocycles.